The first-order chi connectivity index (χ1) is 7.82. The summed E-state index contributed by atoms with van der Waals surface area (Å²) < 4.78 is 27.3. The third-order valence-electron chi connectivity index (χ3n) is 3.22. The Morgan fingerprint density at radius 2 is 2.18 bits per heavy atom. The molecule has 0 unspecified atom stereocenters. The van der Waals surface area contributed by atoms with Gasteiger partial charge in [-0.15, -0.1) is 0 Å². The molecule has 0 saturated heterocycles. The van der Waals surface area contributed by atoms with Crippen LogP contribution in [0.15, 0.2) is 4.21 Å². The van der Waals surface area contributed by atoms with E-state index in [1.54, 1.807) is 6.92 Å². The number of aryl methyl sites for hydroxylation is 1. The minimum absolute atomic E-state index is 0.120. The van der Waals surface area contributed by atoms with Crippen LogP contribution < -0.4 is 4.72 Å². The zero-order chi connectivity index (χ0) is 12.7. The highest BCUT2D eigenvalue weighted by molar-refractivity contribution is 7.91. The van der Waals surface area contributed by atoms with Gasteiger partial charge >= 0.3 is 0 Å². The number of thiazole rings is 1. The Morgan fingerprint density at radius 3 is 2.59 bits per heavy atom. The summed E-state index contributed by atoms with van der Waals surface area (Å²) in [6.07, 6.45) is 3.35. The standard InChI is InChI=1S/C10H15ClN2O2S2/c1-7-8(16-9(11)13-7)17(14,15)12-6-10(2)4-3-5-10/h12H,3-6H2,1-2H3. The second-order valence-corrected chi connectivity index (χ2v) is 8.37. The van der Waals surface area contributed by atoms with Crippen LogP contribution in [-0.2, 0) is 10.0 Å². The highest BCUT2D eigenvalue weighted by Crippen LogP contribution is 2.39. The lowest BCUT2D eigenvalue weighted by Gasteiger charge is -2.38. The molecule has 0 aliphatic heterocycles. The molecule has 2 rings (SSSR count). The SMILES string of the molecule is Cc1nc(Cl)sc1S(=O)(=O)NCC1(C)CCC1. The number of sulfonamides is 1. The fourth-order valence-electron chi connectivity index (χ4n) is 1.89. The molecule has 1 aliphatic rings. The molecule has 1 aliphatic carbocycles. The Hall–Kier alpha value is -0.170. The molecule has 0 atom stereocenters. The predicted molar refractivity (Wildman–Crippen MR) is 69.0 cm³/mol. The van der Waals surface area contributed by atoms with Crippen LogP contribution >= 0.6 is 22.9 Å². The van der Waals surface area contributed by atoms with E-state index < -0.39 is 10.0 Å². The van der Waals surface area contributed by atoms with Gasteiger partial charge in [-0.05, 0) is 25.2 Å². The second-order valence-electron chi connectivity index (χ2n) is 4.83. The molecule has 1 aromatic heterocycles. The monoisotopic (exact) mass is 294 g/mol. The van der Waals surface area contributed by atoms with Crippen molar-refractivity contribution in [2.24, 2.45) is 5.41 Å². The first kappa shape index (κ1) is 13.3. The highest BCUT2D eigenvalue weighted by Gasteiger charge is 2.33. The maximum Gasteiger partial charge on any atom is 0.252 e. The van der Waals surface area contributed by atoms with E-state index in [1.165, 1.54) is 6.42 Å². The van der Waals surface area contributed by atoms with Crippen LogP contribution in [0, 0.1) is 12.3 Å². The average Bonchev–Trinajstić information content (AvgIpc) is 2.53. The van der Waals surface area contributed by atoms with E-state index in [4.69, 9.17) is 11.6 Å². The summed E-state index contributed by atoms with van der Waals surface area (Å²) in [7, 11) is -3.46. The average molecular weight is 295 g/mol. The van der Waals surface area contributed by atoms with Crippen molar-refractivity contribution in [1.82, 2.24) is 9.71 Å². The van der Waals surface area contributed by atoms with Gasteiger partial charge in [0.2, 0.25) is 0 Å². The molecule has 0 bridgehead atoms. The molecule has 17 heavy (non-hydrogen) atoms. The summed E-state index contributed by atoms with van der Waals surface area (Å²) in [4.78, 5) is 3.92. The van der Waals surface area contributed by atoms with Crippen LogP contribution in [-0.4, -0.2) is 19.9 Å². The Morgan fingerprint density at radius 1 is 1.53 bits per heavy atom. The van der Waals surface area contributed by atoms with Crippen molar-refractivity contribution in [3.05, 3.63) is 10.2 Å². The molecule has 1 fully saturated rings. The molecule has 1 N–H and O–H groups in total. The van der Waals surface area contributed by atoms with Gasteiger partial charge in [-0.25, -0.2) is 18.1 Å². The smallest absolute Gasteiger partial charge is 0.229 e. The molecule has 0 radical (unpaired) electrons. The molecule has 96 valence electrons. The Labute approximate surface area is 110 Å². The summed E-state index contributed by atoms with van der Waals surface area (Å²) in [6.45, 7) is 4.25. The van der Waals surface area contributed by atoms with Gasteiger partial charge in [-0.2, -0.15) is 0 Å². The van der Waals surface area contributed by atoms with Gasteiger partial charge in [0.05, 0.1) is 5.69 Å². The largest absolute Gasteiger partial charge is 0.252 e. The summed E-state index contributed by atoms with van der Waals surface area (Å²) in [5.41, 5.74) is 0.585. The van der Waals surface area contributed by atoms with Crippen molar-refractivity contribution >= 4 is 33.0 Å². The minimum atomic E-state index is -3.46. The topological polar surface area (TPSA) is 59.1 Å². The molecule has 7 heteroatoms. The predicted octanol–water partition coefficient (Wildman–Crippen LogP) is 2.57. The lowest BCUT2D eigenvalue weighted by atomic mass is 9.71. The highest BCUT2D eigenvalue weighted by atomic mass is 35.5. The fourth-order valence-corrected chi connectivity index (χ4v) is 4.87. The second kappa shape index (κ2) is 4.50. The van der Waals surface area contributed by atoms with Gasteiger partial charge in [-0.1, -0.05) is 36.3 Å². The van der Waals surface area contributed by atoms with Crippen molar-refractivity contribution in [3.8, 4) is 0 Å². The van der Waals surface area contributed by atoms with Crippen molar-refractivity contribution in [1.29, 1.82) is 0 Å². The maximum absolute atomic E-state index is 12.1. The van der Waals surface area contributed by atoms with E-state index in [2.05, 4.69) is 16.6 Å². The summed E-state index contributed by atoms with van der Waals surface area (Å²) in [6, 6.07) is 0. The van der Waals surface area contributed by atoms with Gasteiger partial charge in [-0.3, -0.25) is 0 Å². The van der Waals surface area contributed by atoms with E-state index in [0.29, 0.717) is 12.2 Å². The normalized spacial score (nSPS) is 19.0. The number of aromatic nitrogens is 1. The van der Waals surface area contributed by atoms with Crippen LogP contribution in [0.4, 0.5) is 0 Å². The molecule has 0 aromatic carbocycles. The lowest BCUT2D eigenvalue weighted by Crippen LogP contribution is -2.39. The molecule has 1 saturated carbocycles. The van der Waals surface area contributed by atoms with Gasteiger partial charge < -0.3 is 0 Å². The number of rotatable bonds is 4. The summed E-state index contributed by atoms with van der Waals surface area (Å²) >= 11 is 6.72. The first-order valence-electron chi connectivity index (χ1n) is 5.45. The van der Waals surface area contributed by atoms with E-state index in [0.717, 1.165) is 24.2 Å². The van der Waals surface area contributed by atoms with Crippen molar-refractivity contribution in [2.75, 3.05) is 6.54 Å². The van der Waals surface area contributed by atoms with Gasteiger partial charge in [0.25, 0.3) is 10.0 Å². The zero-order valence-corrected chi connectivity index (χ0v) is 12.2. The van der Waals surface area contributed by atoms with Crippen molar-refractivity contribution in [2.45, 2.75) is 37.3 Å². The summed E-state index contributed by atoms with van der Waals surface area (Å²) in [5.74, 6) is 0. The Balaban J connectivity index is 2.11. The van der Waals surface area contributed by atoms with Crippen LogP contribution in [0.5, 0.6) is 0 Å². The van der Waals surface area contributed by atoms with Crippen LogP contribution in [0.1, 0.15) is 31.9 Å². The van der Waals surface area contributed by atoms with Gasteiger partial charge in [0, 0.05) is 6.54 Å². The Kier molecular flexibility index (Phi) is 3.51. The third-order valence-corrected chi connectivity index (χ3v) is 6.49. The number of hydrogen-bond acceptors (Lipinski definition) is 4. The van der Waals surface area contributed by atoms with E-state index in [9.17, 15) is 8.42 Å². The summed E-state index contributed by atoms with van der Waals surface area (Å²) in [5, 5.41) is 0. The van der Waals surface area contributed by atoms with Gasteiger partial charge in [0.1, 0.15) is 0 Å². The molecule has 1 heterocycles. The number of hydrogen-bond donors (Lipinski definition) is 1. The number of nitrogens with one attached hydrogen (secondary N) is 1. The van der Waals surface area contributed by atoms with E-state index >= 15 is 0 Å². The van der Waals surface area contributed by atoms with E-state index in [1.807, 2.05) is 0 Å². The van der Waals surface area contributed by atoms with Crippen molar-refractivity contribution < 1.29 is 8.42 Å². The molecule has 0 spiro atoms. The molecule has 4 nitrogen and oxygen atoms in total. The quantitative estimate of drug-likeness (QED) is 0.928. The zero-order valence-electron chi connectivity index (χ0n) is 9.79. The Bertz CT molecular complexity index is 520. The minimum Gasteiger partial charge on any atom is -0.229 e. The molecule has 1 aromatic rings. The third kappa shape index (κ3) is 2.81. The molecular formula is C10H15ClN2O2S2. The number of halogens is 1. The van der Waals surface area contributed by atoms with Crippen LogP contribution in [0.3, 0.4) is 0 Å². The van der Waals surface area contributed by atoms with E-state index in [-0.39, 0.29) is 14.1 Å². The van der Waals surface area contributed by atoms with Crippen LogP contribution in [0.2, 0.25) is 4.47 Å². The lowest BCUT2D eigenvalue weighted by molar-refractivity contribution is 0.166. The molecule has 0 amide bonds. The first-order valence-corrected chi connectivity index (χ1v) is 8.13. The maximum atomic E-state index is 12.1. The van der Waals surface area contributed by atoms with Crippen molar-refractivity contribution in [3.63, 3.8) is 0 Å². The number of nitrogens with zero attached hydrogens (tertiary/aromatic N) is 1. The fraction of sp³-hybridized carbons (Fsp3) is 0.700. The van der Waals surface area contributed by atoms with Gasteiger partial charge in [0.15, 0.2) is 8.68 Å². The van der Waals surface area contributed by atoms with Crippen LogP contribution in [0.25, 0.3) is 0 Å². The molecular weight excluding hydrogens is 280 g/mol.